The fraction of sp³-hybridized carbons (Fsp3) is 1.00. The van der Waals surface area contributed by atoms with E-state index >= 15 is 0 Å². The van der Waals surface area contributed by atoms with E-state index in [1.54, 1.807) is 0 Å². The van der Waals surface area contributed by atoms with E-state index in [2.05, 4.69) is 34.6 Å². The highest BCUT2D eigenvalue weighted by Gasteiger charge is 2.85. The number of hydrogen-bond acceptors (Lipinski definition) is 18. The van der Waals surface area contributed by atoms with E-state index in [0.29, 0.717) is 32.1 Å². The Bertz CT molecular complexity index is 1770. The summed E-state index contributed by atoms with van der Waals surface area (Å²) in [6.07, 6.45) is -12.6. The summed E-state index contributed by atoms with van der Waals surface area (Å²) >= 11 is 0. The molecular weight excluding hydrogens is 852 g/mol. The largest absolute Gasteiger partial charge is 0.394 e. The minimum absolute atomic E-state index is 0.0641. The van der Waals surface area contributed by atoms with E-state index in [1.165, 1.54) is 6.92 Å². The first-order chi connectivity index (χ1) is 30.2. The maximum Gasteiger partial charge on any atom is 0.187 e. The summed E-state index contributed by atoms with van der Waals surface area (Å²) in [4.78, 5) is 0. The summed E-state index contributed by atoms with van der Waals surface area (Å²) in [6.45, 7) is 14.6. The topological polar surface area (TPSA) is 287 Å². The van der Waals surface area contributed by atoms with E-state index in [9.17, 15) is 56.2 Å². The number of rotatable bonds is 10. The highest BCUT2D eigenvalue weighted by molar-refractivity contribution is 5.33. The molecule has 25 unspecified atom stereocenters. The molecule has 0 aromatic rings. The van der Waals surface area contributed by atoms with Gasteiger partial charge < -0.3 is 89.3 Å². The zero-order valence-corrected chi connectivity index (χ0v) is 39.2. The van der Waals surface area contributed by atoms with E-state index < -0.39 is 134 Å². The van der Waals surface area contributed by atoms with Crippen molar-refractivity contribution in [3.05, 3.63) is 0 Å². The van der Waals surface area contributed by atoms with Crippen LogP contribution in [0.4, 0.5) is 0 Å². The van der Waals surface area contributed by atoms with Crippen LogP contribution in [-0.4, -0.2) is 191 Å². The van der Waals surface area contributed by atoms with Crippen LogP contribution in [0.5, 0.6) is 0 Å². The molecule has 18 nitrogen and oxygen atoms in total. The van der Waals surface area contributed by atoms with Gasteiger partial charge in [-0.3, -0.25) is 0 Å². The van der Waals surface area contributed by atoms with Crippen LogP contribution in [-0.2, 0) is 33.2 Å². The Balaban J connectivity index is 0.919. The Morgan fingerprint density at radius 1 is 0.646 bits per heavy atom. The van der Waals surface area contributed by atoms with Crippen molar-refractivity contribution in [2.24, 2.45) is 44.8 Å². The van der Waals surface area contributed by atoms with Gasteiger partial charge in [-0.15, -0.1) is 0 Å². The molecule has 5 aliphatic carbocycles. The van der Waals surface area contributed by atoms with Gasteiger partial charge in [0.1, 0.15) is 60.5 Å². The van der Waals surface area contributed by atoms with Gasteiger partial charge >= 0.3 is 0 Å². The molecule has 9 aliphatic rings. The fourth-order valence-corrected chi connectivity index (χ4v) is 16.4. The predicted molar refractivity (Wildman–Crippen MR) is 225 cm³/mol. The van der Waals surface area contributed by atoms with Crippen LogP contribution >= 0.6 is 0 Å². The molecule has 9 rings (SSSR count). The molecular formula is C47H78O18. The van der Waals surface area contributed by atoms with Gasteiger partial charge in [-0.2, -0.15) is 0 Å². The van der Waals surface area contributed by atoms with E-state index in [1.807, 2.05) is 13.8 Å². The van der Waals surface area contributed by atoms with Crippen molar-refractivity contribution in [3.63, 3.8) is 0 Å². The molecule has 11 N–H and O–H groups in total. The van der Waals surface area contributed by atoms with Crippen LogP contribution in [0.15, 0.2) is 0 Å². The Morgan fingerprint density at radius 3 is 1.92 bits per heavy atom. The van der Waals surface area contributed by atoms with Crippen molar-refractivity contribution in [2.75, 3.05) is 19.8 Å². The lowest BCUT2D eigenvalue weighted by Gasteiger charge is -2.65. The SMILES string of the molecule is CC1(O)COC(OC2C(OC3CCC45CC46CCC4(C)C(C7(C)CCC(C(C)(C)OC8OC(CO)C(O)C(O)C8O)O7)C(O)CC4(C)C6CC(O)C5C3(C)C)OC(CO)C(O)C2O)C1O. The molecule has 0 radical (unpaired) electrons. The highest BCUT2D eigenvalue weighted by Crippen LogP contribution is 2.89. The van der Waals surface area contributed by atoms with E-state index in [-0.39, 0.29) is 46.0 Å². The van der Waals surface area contributed by atoms with Gasteiger partial charge in [0.05, 0.1) is 55.4 Å². The average molecular weight is 931 g/mol. The second kappa shape index (κ2) is 16.2. The van der Waals surface area contributed by atoms with E-state index in [0.717, 1.165) is 25.7 Å². The van der Waals surface area contributed by atoms with Crippen LogP contribution in [0.1, 0.15) is 113 Å². The molecule has 374 valence electrons. The molecule has 0 bridgehead atoms. The van der Waals surface area contributed by atoms with Crippen molar-refractivity contribution in [1.29, 1.82) is 0 Å². The Kier molecular flexibility index (Phi) is 12.2. The smallest absolute Gasteiger partial charge is 0.187 e. The van der Waals surface area contributed by atoms with Gasteiger partial charge in [-0.1, -0.05) is 27.7 Å². The zero-order chi connectivity index (χ0) is 47.4. The molecule has 4 aliphatic heterocycles. The van der Waals surface area contributed by atoms with Crippen LogP contribution in [0.3, 0.4) is 0 Å². The highest BCUT2D eigenvalue weighted by atomic mass is 16.8. The lowest BCUT2D eigenvalue weighted by Crippen LogP contribution is -2.65. The Hall–Kier alpha value is -0.720. The van der Waals surface area contributed by atoms with Gasteiger partial charge in [-0.25, -0.2) is 0 Å². The third-order valence-corrected chi connectivity index (χ3v) is 19.8. The quantitative estimate of drug-likeness (QED) is 0.124. The summed E-state index contributed by atoms with van der Waals surface area (Å²) < 4.78 is 43.4. The van der Waals surface area contributed by atoms with Gasteiger partial charge in [0.25, 0.3) is 0 Å². The summed E-state index contributed by atoms with van der Waals surface area (Å²) in [6, 6.07) is 0. The predicted octanol–water partition coefficient (Wildman–Crippen LogP) is -0.422. The van der Waals surface area contributed by atoms with Crippen LogP contribution in [0, 0.1) is 44.8 Å². The van der Waals surface area contributed by atoms with Crippen LogP contribution in [0.2, 0.25) is 0 Å². The molecule has 0 aromatic heterocycles. The summed E-state index contributed by atoms with van der Waals surface area (Å²) in [5.41, 5.74) is -4.94. The second-order valence-corrected chi connectivity index (χ2v) is 24.1. The van der Waals surface area contributed by atoms with Crippen molar-refractivity contribution in [2.45, 2.75) is 228 Å². The number of aliphatic hydroxyl groups is 11. The first kappa shape index (κ1) is 49.3. The van der Waals surface area contributed by atoms with Crippen molar-refractivity contribution in [1.82, 2.24) is 0 Å². The third-order valence-electron chi connectivity index (χ3n) is 19.8. The molecule has 4 saturated heterocycles. The molecule has 2 spiro atoms. The van der Waals surface area contributed by atoms with Crippen LogP contribution in [0.25, 0.3) is 0 Å². The molecule has 25 atom stereocenters. The molecule has 0 amide bonds. The van der Waals surface area contributed by atoms with Crippen molar-refractivity contribution < 1.29 is 89.3 Å². The lowest BCUT2D eigenvalue weighted by atomic mass is 9.41. The minimum Gasteiger partial charge on any atom is -0.394 e. The maximum atomic E-state index is 12.6. The molecule has 4 heterocycles. The maximum absolute atomic E-state index is 12.6. The summed E-state index contributed by atoms with van der Waals surface area (Å²) in [7, 11) is 0. The number of hydrogen-bond donors (Lipinski definition) is 11. The third kappa shape index (κ3) is 7.07. The Labute approximate surface area is 381 Å². The van der Waals surface area contributed by atoms with Crippen LogP contribution < -0.4 is 0 Å². The lowest BCUT2D eigenvalue weighted by molar-refractivity contribution is -0.355. The summed E-state index contributed by atoms with van der Waals surface area (Å²) in [5, 5.41) is 120. The van der Waals surface area contributed by atoms with Gasteiger partial charge in [0, 0.05) is 5.92 Å². The first-order valence-electron chi connectivity index (χ1n) is 24.2. The van der Waals surface area contributed by atoms with Gasteiger partial charge in [0.2, 0.25) is 0 Å². The van der Waals surface area contributed by atoms with Gasteiger partial charge in [0.15, 0.2) is 18.9 Å². The number of ether oxygens (including phenoxy) is 7. The average Bonchev–Trinajstić information content (AvgIpc) is 3.41. The zero-order valence-electron chi connectivity index (χ0n) is 39.2. The second-order valence-electron chi connectivity index (χ2n) is 24.1. The summed E-state index contributed by atoms with van der Waals surface area (Å²) in [5.74, 6) is -0.277. The monoisotopic (exact) mass is 931 g/mol. The standard InChI is InChI=1S/C47H78O18/c1-40(2)26(62-38-33(31(55)29(53)24(18-49)61-38)63-39-36(57)44(7,58)20-59-39)10-12-47-19-46(47)14-13-42(5)35(22(51)16-43(42,6)25(46)15-21(50)34(40)47)45(8)11-9-27(64-45)41(3,4)65-37-32(56)30(54)28(52)23(17-48)60-37/h21-39,48-58H,9-20H2,1-8H3. The minimum atomic E-state index is -1.60. The fourth-order valence-electron chi connectivity index (χ4n) is 16.4. The molecule has 18 heteroatoms. The van der Waals surface area contributed by atoms with Crippen molar-refractivity contribution in [3.8, 4) is 0 Å². The molecule has 0 aromatic carbocycles. The Morgan fingerprint density at radius 2 is 1.29 bits per heavy atom. The van der Waals surface area contributed by atoms with Crippen molar-refractivity contribution >= 4 is 0 Å². The van der Waals surface area contributed by atoms with E-state index in [4.69, 9.17) is 33.2 Å². The normalized spacial score (nSPS) is 58.5. The number of fused-ring (bicyclic) bond motifs is 2. The molecule has 5 saturated carbocycles. The molecule has 9 fully saturated rings. The first-order valence-corrected chi connectivity index (χ1v) is 24.2. The molecule has 65 heavy (non-hydrogen) atoms. The van der Waals surface area contributed by atoms with Gasteiger partial charge in [-0.05, 0) is 124 Å². The number of aliphatic hydroxyl groups excluding tert-OH is 10.